The van der Waals surface area contributed by atoms with Gasteiger partial charge < -0.3 is 4.74 Å². The molecule has 26 heavy (non-hydrogen) atoms. The van der Waals surface area contributed by atoms with E-state index in [1.807, 2.05) is 0 Å². The second kappa shape index (κ2) is 6.14. The Kier molecular flexibility index (Phi) is 4.24. The van der Waals surface area contributed by atoms with Crippen molar-refractivity contribution in [1.82, 2.24) is 24.6 Å². The second-order valence-corrected chi connectivity index (χ2v) is 5.06. The topological polar surface area (TPSA) is 65.2 Å². The second-order valence-electron chi connectivity index (χ2n) is 5.06. The molecule has 2 radical (unpaired) electrons. The summed E-state index contributed by atoms with van der Waals surface area (Å²) >= 11 is 0. The minimum Gasteiger partial charge on any atom is -0.466 e. The molecule has 3 rings (SSSR count). The van der Waals surface area contributed by atoms with Gasteiger partial charge >= 0.3 is 6.18 Å². The lowest BCUT2D eigenvalue weighted by Crippen LogP contribution is -2.20. The summed E-state index contributed by atoms with van der Waals surface area (Å²) < 4.78 is 81.9. The van der Waals surface area contributed by atoms with Crippen molar-refractivity contribution in [2.24, 2.45) is 0 Å². The quantitative estimate of drug-likeness (QED) is 0.520. The van der Waals surface area contributed by atoms with E-state index in [4.69, 9.17) is 7.85 Å². The van der Waals surface area contributed by atoms with Gasteiger partial charge in [0.15, 0.2) is 31.7 Å². The normalized spacial score (nSPS) is 12.5. The van der Waals surface area contributed by atoms with Crippen molar-refractivity contribution in [2.75, 3.05) is 6.61 Å². The van der Waals surface area contributed by atoms with E-state index in [9.17, 15) is 26.3 Å². The van der Waals surface area contributed by atoms with E-state index in [0.29, 0.717) is 0 Å². The molecule has 3 aromatic rings. The fourth-order valence-electron chi connectivity index (χ4n) is 2.00. The van der Waals surface area contributed by atoms with Crippen LogP contribution in [-0.4, -0.2) is 45.2 Å². The van der Waals surface area contributed by atoms with Gasteiger partial charge in [0.2, 0.25) is 0 Å². The smallest absolute Gasteiger partial charge is 0.422 e. The Hall–Kier alpha value is -2.86. The Morgan fingerprint density at radius 3 is 2.42 bits per heavy atom. The van der Waals surface area contributed by atoms with Gasteiger partial charge in [0.25, 0.3) is 11.7 Å². The summed E-state index contributed by atoms with van der Waals surface area (Å²) in [5.74, 6) is -6.68. The van der Waals surface area contributed by atoms with Gasteiger partial charge in [-0.25, -0.2) is 18.2 Å². The van der Waals surface area contributed by atoms with Crippen LogP contribution in [0, 0.1) is 5.82 Å². The molecule has 0 aliphatic carbocycles. The molecule has 0 atom stereocenters. The molecule has 0 aliphatic rings. The Morgan fingerprint density at radius 2 is 1.81 bits per heavy atom. The highest BCUT2D eigenvalue weighted by Gasteiger charge is 2.31. The third-order valence-corrected chi connectivity index (χ3v) is 3.07. The van der Waals surface area contributed by atoms with Crippen molar-refractivity contribution < 1.29 is 31.1 Å². The van der Waals surface area contributed by atoms with Crippen molar-refractivity contribution in [2.45, 2.75) is 12.0 Å². The molecule has 0 unspecified atom stereocenters. The van der Waals surface area contributed by atoms with Crippen LogP contribution in [0.5, 0.6) is 5.88 Å². The lowest BCUT2D eigenvalue weighted by Gasteiger charge is -2.10. The van der Waals surface area contributed by atoms with E-state index >= 15 is 0 Å². The molecule has 0 saturated carbocycles. The predicted octanol–water partition coefficient (Wildman–Crippen LogP) is 2.48. The van der Waals surface area contributed by atoms with Gasteiger partial charge in [-0.2, -0.15) is 13.2 Å². The third-order valence-electron chi connectivity index (χ3n) is 3.07. The molecular weight excluding hydrogens is 367 g/mol. The molecule has 3 heterocycles. The van der Waals surface area contributed by atoms with E-state index in [-0.39, 0.29) is 16.9 Å². The molecule has 0 fully saturated rings. The van der Waals surface area contributed by atoms with Gasteiger partial charge in [-0.05, 0) is 6.07 Å². The van der Waals surface area contributed by atoms with Crippen LogP contribution in [0.1, 0.15) is 5.82 Å². The fourth-order valence-corrected chi connectivity index (χ4v) is 2.00. The zero-order valence-corrected chi connectivity index (χ0v) is 12.5. The first-order chi connectivity index (χ1) is 12.0. The lowest BCUT2D eigenvalue weighted by molar-refractivity contribution is -0.154. The summed E-state index contributed by atoms with van der Waals surface area (Å²) in [6.07, 6.45) is -1.52. The number of fused-ring (bicyclic) bond motifs is 1. The molecular formula is C13H6BF6N5O. The molecule has 0 aliphatic heterocycles. The number of rotatable bonds is 4. The monoisotopic (exact) mass is 373 g/mol. The minimum absolute atomic E-state index is 0.00347. The van der Waals surface area contributed by atoms with Crippen LogP contribution < -0.4 is 4.74 Å². The van der Waals surface area contributed by atoms with Crippen LogP contribution in [0.3, 0.4) is 0 Å². The highest BCUT2D eigenvalue weighted by molar-refractivity contribution is 6.13. The highest BCUT2D eigenvalue weighted by Crippen LogP contribution is 2.26. The van der Waals surface area contributed by atoms with Gasteiger partial charge in [0, 0.05) is 18.0 Å². The Bertz CT molecular complexity index is 954. The standard InChI is InChI=1S/C13H6BF6N5O/c14-13(19,20)11-24-23-9-3-21-8(4-25(9)11)6-1-7(15)10(22-2-6)26-5-12(16,17)18/h1-4H,5H2. The van der Waals surface area contributed by atoms with E-state index in [1.54, 1.807) is 0 Å². The first-order valence-corrected chi connectivity index (χ1v) is 6.78. The van der Waals surface area contributed by atoms with Crippen LogP contribution in [0.2, 0.25) is 0 Å². The Morgan fingerprint density at radius 1 is 1.08 bits per heavy atom. The van der Waals surface area contributed by atoms with E-state index in [0.717, 1.165) is 29.1 Å². The van der Waals surface area contributed by atoms with Gasteiger partial charge in [0.05, 0.1) is 11.9 Å². The maximum absolute atomic E-state index is 13.9. The fraction of sp³-hybridized carbons (Fsp3) is 0.231. The lowest BCUT2D eigenvalue weighted by atomic mass is 9.98. The maximum Gasteiger partial charge on any atom is 0.422 e. The van der Waals surface area contributed by atoms with Crippen molar-refractivity contribution in [3.8, 4) is 17.1 Å². The number of hydrogen-bond donors (Lipinski definition) is 0. The average Bonchev–Trinajstić information content (AvgIpc) is 2.96. The van der Waals surface area contributed by atoms with Crippen LogP contribution in [0.15, 0.2) is 24.7 Å². The number of nitrogens with zero attached hydrogens (tertiary/aromatic N) is 5. The summed E-state index contributed by atoms with van der Waals surface area (Å²) in [5.41, 5.74) is -0.0484. The molecule has 0 aromatic carbocycles. The SMILES string of the molecule is [B]C(F)(F)c1nnc2cnc(-c3cnc(OCC(F)(F)F)c(F)c3)cn12. The minimum atomic E-state index is -4.66. The average molecular weight is 373 g/mol. The summed E-state index contributed by atoms with van der Waals surface area (Å²) in [6, 6.07) is 0.803. The van der Waals surface area contributed by atoms with Crippen LogP contribution in [0.25, 0.3) is 16.9 Å². The molecule has 0 spiro atoms. The number of pyridine rings is 1. The molecule has 134 valence electrons. The zero-order valence-electron chi connectivity index (χ0n) is 12.5. The van der Waals surface area contributed by atoms with E-state index < -0.39 is 36.1 Å². The Labute approximate surface area is 142 Å². The van der Waals surface area contributed by atoms with Gasteiger partial charge in [-0.15, -0.1) is 10.2 Å². The summed E-state index contributed by atoms with van der Waals surface area (Å²) in [6.45, 7) is -1.71. The molecule has 0 bridgehead atoms. The molecule has 13 heteroatoms. The van der Waals surface area contributed by atoms with Gasteiger partial charge in [-0.1, -0.05) is 0 Å². The number of alkyl halides is 5. The largest absolute Gasteiger partial charge is 0.466 e. The summed E-state index contributed by atoms with van der Waals surface area (Å²) in [4.78, 5) is 7.34. The van der Waals surface area contributed by atoms with Gasteiger partial charge in [0.1, 0.15) is 0 Å². The van der Waals surface area contributed by atoms with E-state index in [1.165, 1.54) is 0 Å². The van der Waals surface area contributed by atoms with Crippen molar-refractivity contribution in [1.29, 1.82) is 0 Å². The molecule has 0 N–H and O–H groups in total. The van der Waals surface area contributed by atoms with Crippen LogP contribution >= 0.6 is 0 Å². The summed E-state index contributed by atoms with van der Waals surface area (Å²) in [5, 5.41) is 6.74. The van der Waals surface area contributed by atoms with E-state index in [2.05, 4.69) is 24.9 Å². The predicted molar refractivity (Wildman–Crippen MR) is 75.2 cm³/mol. The number of aromatic nitrogens is 5. The Balaban J connectivity index is 1.95. The number of halogens is 6. The molecule has 3 aromatic heterocycles. The molecule has 6 nitrogen and oxygen atoms in total. The van der Waals surface area contributed by atoms with Crippen molar-refractivity contribution in [3.63, 3.8) is 0 Å². The summed E-state index contributed by atoms with van der Waals surface area (Å²) in [7, 11) is 4.71. The van der Waals surface area contributed by atoms with Crippen LogP contribution in [0.4, 0.5) is 26.3 Å². The first kappa shape index (κ1) is 18.0. The van der Waals surface area contributed by atoms with Crippen LogP contribution in [-0.2, 0) is 5.82 Å². The maximum atomic E-state index is 13.9. The third kappa shape index (κ3) is 3.70. The highest BCUT2D eigenvalue weighted by atomic mass is 19.4. The van der Waals surface area contributed by atoms with Crippen molar-refractivity contribution >= 4 is 13.5 Å². The molecule has 0 amide bonds. The van der Waals surface area contributed by atoms with Gasteiger partial charge in [-0.3, -0.25) is 9.38 Å². The van der Waals surface area contributed by atoms with Crippen molar-refractivity contribution in [3.05, 3.63) is 36.3 Å². The first-order valence-electron chi connectivity index (χ1n) is 6.78. The zero-order chi connectivity index (χ0) is 19.1. The number of ether oxygens (including phenoxy) is 1. The number of hydrogen-bond acceptors (Lipinski definition) is 5. The molecule has 0 saturated heterocycles.